The molecule has 0 aromatic heterocycles. The molecular weight excluding hydrogens is 268 g/mol. The predicted octanol–water partition coefficient (Wildman–Crippen LogP) is 1.24. The van der Waals surface area contributed by atoms with Crippen LogP contribution >= 0.6 is 0 Å². The standard InChI is InChI=1S/C12H26N2O4S/c1-6-8-9-13(5)19(16,17)14(11(3)4)10-12(15)18-7-2/h11H,6-10H2,1-5H3. The van der Waals surface area contributed by atoms with E-state index in [0.29, 0.717) is 6.54 Å². The van der Waals surface area contributed by atoms with Gasteiger partial charge in [0.05, 0.1) is 6.61 Å². The lowest BCUT2D eigenvalue weighted by Crippen LogP contribution is -2.48. The smallest absolute Gasteiger partial charge is 0.321 e. The molecule has 0 saturated carbocycles. The highest BCUT2D eigenvalue weighted by Gasteiger charge is 2.31. The summed E-state index contributed by atoms with van der Waals surface area (Å²) in [5.41, 5.74) is 0. The van der Waals surface area contributed by atoms with Gasteiger partial charge in [-0.2, -0.15) is 17.0 Å². The lowest BCUT2D eigenvalue weighted by atomic mass is 10.3. The highest BCUT2D eigenvalue weighted by molar-refractivity contribution is 7.86. The SMILES string of the molecule is CCCCN(C)S(=O)(=O)N(CC(=O)OCC)C(C)C. The maximum atomic E-state index is 12.4. The summed E-state index contributed by atoms with van der Waals surface area (Å²) in [4.78, 5) is 11.5. The monoisotopic (exact) mass is 294 g/mol. The maximum Gasteiger partial charge on any atom is 0.321 e. The van der Waals surface area contributed by atoms with Crippen LogP contribution in [-0.4, -0.2) is 55.8 Å². The minimum atomic E-state index is -3.62. The van der Waals surface area contributed by atoms with E-state index in [1.54, 1.807) is 20.8 Å². The normalized spacial score (nSPS) is 12.4. The molecule has 0 bridgehead atoms. The Morgan fingerprint density at radius 2 is 1.84 bits per heavy atom. The number of ether oxygens (including phenoxy) is 1. The Bertz CT molecular complexity index is 368. The van der Waals surface area contributed by atoms with Crippen LogP contribution in [0.2, 0.25) is 0 Å². The first-order chi connectivity index (χ1) is 8.77. The lowest BCUT2D eigenvalue weighted by molar-refractivity contribution is -0.143. The molecule has 0 radical (unpaired) electrons. The molecule has 0 rings (SSSR count). The average molecular weight is 294 g/mol. The van der Waals surface area contributed by atoms with Crippen molar-refractivity contribution in [3.63, 3.8) is 0 Å². The molecule has 0 atom stereocenters. The number of esters is 1. The third kappa shape index (κ3) is 5.88. The van der Waals surface area contributed by atoms with E-state index in [-0.39, 0.29) is 19.2 Å². The number of rotatable bonds is 9. The number of carbonyl (C=O) groups is 1. The van der Waals surface area contributed by atoms with Gasteiger partial charge in [0, 0.05) is 19.6 Å². The minimum Gasteiger partial charge on any atom is -0.465 e. The number of hydrogen-bond donors (Lipinski definition) is 0. The summed E-state index contributed by atoms with van der Waals surface area (Å²) in [5.74, 6) is -0.524. The Kier molecular flexibility index (Phi) is 8.20. The summed E-state index contributed by atoms with van der Waals surface area (Å²) >= 11 is 0. The second-order valence-corrected chi connectivity index (χ2v) is 6.61. The molecule has 0 aliphatic rings. The van der Waals surface area contributed by atoms with Gasteiger partial charge in [0.1, 0.15) is 6.54 Å². The molecule has 6 nitrogen and oxygen atoms in total. The van der Waals surface area contributed by atoms with Crippen molar-refractivity contribution in [3.05, 3.63) is 0 Å². The van der Waals surface area contributed by atoms with E-state index < -0.39 is 16.2 Å². The predicted molar refractivity (Wildman–Crippen MR) is 74.9 cm³/mol. The van der Waals surface area contributed by atoms with Gasteiger partial charge in [0.25, 0.3) is 10.2 Å². The Morgan fingerprint density at radius 1 is 1.26 bits per heavy atom. The first-order valence-corrected chi connectivity index (χ1v) is 8.05. The lowest BCUT2D eigenvalue weighted by Gasteiger charge is -2.29. The Hall–Kier alpha value is -0.660. The zero-order valence-corrected chi connectivity index (χ0v) is 13.4. The highest BCUT2D eigenvalue weighted by atomic mass is 32.2. The number of unbranched alkanes of at least 4 members (excludes halogenated alkanes) is 1. The van der Waals surface area contributed by atoms with E-state index in [9.17, 15) is 13.2 Å². The van der Waals surface area contributed by atoms with Gasteiger partial charge in [-0.15, -0.1) is 0 Å². The van der Waals surface area contributed by atoms with Crippen molar-refractivity contribution in [2.24, 2.45) is 0 Å². The molecule has 114 valence electrons. The van der Waals surface area contributed by atoms with Crippen LogP contribution in [0.15, 0.2) is 0 Å². The van der Waals surface area contributed by atoms with E-state index in [4.69, 9.17) is 4.74 Å². The van der Waals surface area contributed by atoms with E-state index in [1.807, 2.05) is 6.92 Å². The van der Waals surface area contributed by atoms with Crippen molar-refractivity contribution in [2.75, 3.05) is 26.7 Å². The quantitative estimate of drug-likeness (QED) is 0.600. The fourth-order valence-corrected chi connectivity index (χ4v) is 3.06. The van der Waals surface area contributed by atoms with Gasteiger partial charge < -0.3 is 4.74 Å². The van der Waals surface area contributed by atoms with Gasteiger partial charge >= 0.3 is 5.97 Å². The van der Waals surface area contributed by atoms with Crippen LogP contribution in [0, 0.1) is 0 Å². The van der Waals surface area contributed by atoms with Gasteiger partial charge in [0.2, 0.25) is 0 Å². The molecule has 0 amide bonds. The molecule has 0 aliphatic carbocycles. The maximum absolute atomic E-state index is 12.4. The number of carbonyl (C=O) groups excluding carboxylic acids is 1. The summed E-state index contributed by atoms with van der Waals surface area (Å²) in [6, 6.07) is -0.293. The first kappa shape index (κ1) is 18.3. The topological polar surface area (TPSA) is 66.9 Å². The first-order valence-electron chi connectivity index (χ1n) is 6.66. The van der Waals surface area contributed by atoms with Crippen LogP contribution in [0.25, 0.3) is 0 Å². The summed E-state index contributed by atoms with van der Waals surface area (Å²) in [5, 5.41) is 0. The number of nitrogens with zero attached hydrogens (tertiary/aromatic N) is 2. The molecule has 0 N–H and O–H groups in total. The molecule has 19 heavy (non-hydrogen) atoms. The van der Waals surface area contributed by atoms with Crippen LogP contribution in [0.1, 0.15) is 40.5 Å². The third-order valence-electron chi connectivity index (χ3n) is 2.68. The van der Waals surface area contributed by atoms with E-state index >= 15 is 0 Å². The molecule has 0 unspecified atom stereocenters. The largest absolute Gasteiger partial charge is 0.465 e. The van der Waals surface area contributed by atoms with Crippen molar-refractivity contribution in [2.45, 2.75) is 46.6 Å². The van der Waals surface area contributed by atoms with Gasteiger partial charge in [-0.3, -0.25) is 4.79 Å². The van der Waals surface area contributed by atoms with Crippen LogP contribution in [0.5, 0.6) is 0 Å². The van der Waals surface area contributed by atoms with E-state index in [0.717, 1.165) is 12.8 Å². The zero-order valence-electron chi connectivity index (χ0n) is 12.5. The average Bonchev–Trinajstić information content (AvgIpc) is 2.32. The van der Waals surface area contributed by atoms with Crippen molar-refractivity contribution < 1.29 is 17.9 Å². The number of hydrogen-bond acceptors (Lipinski definition) is 4. The molecule has 0 aliphatic heterocycles. The van der Waals surface area contributed by atoms with Crippen molar-refractivity contribution in [1.82, 2.24) is 8.61 Å². The fraction of sp³-hybridized carbons (Fsp3) is 0.917. The zero-order chi connectivity index (χ0) is 15.1. The van der Waals surface area contributed by atoms with Crippen molar-refractivity contribution in [3.8, 4) is 0 Å². The van der Waals surface area contributed by atoms with E-state index in [1.165, 1.54) is 15.7 Å². The molecule has 7 heteroatoms. The van der Waals surface area contributed by atoms with Gasteiger partial charge in [-0.05, 0) is 27.2 Å². The summed E-state index contributed by atoms with van der Waals surface area (Å²) in [6.45, 7) is 7.62. The van der Waals surface area contributed by atoms with Gasteiger partial charge in [-0.25, -0.2) is 0 Å². The Labute approximate surface area is 116 Å². The molecule has 0 aromatic carbocycles. The second-order valence-electron chi connectivity index (χ2n) is 4.63. The molecule has 0 aromatic rings. The molecule has 0 saturated heterocycles. The summed E-state index contributed by atoms with van der Waals surface area (Å²) in [6.07, 6.45) is 1.71. The van der Waals surface area contributed by atoms with Crippen LogP contribution in [0.3, 0.4) is 0 Å². The van der Waals surface area contributed by atoms with Crippen LogP contribution in [-0.2, 0) is 19.7 Å². The molecule has 0 fully saturated rings. The van der Waals surface area contributed by atoms with Crippen LogP contribution in [0.4, 0.5) is 0 Å². The van der Waals surface area contributed by atoms with Crippen molar-refractivity contribution >= 4 is 16.2 Å². The Morgan fingerprint density at radius 3 is 2.26 bits per heavy atom. The minimum absolute atomic E-state index is 0.246. The molecular formula is C12H26N2O4S. The van der Waals surface area contributed by atoms with Gasteiger partial charge in [0.15, 0.2) is 0 Å². The molecule has 0 heterocycles. The second kappa shape index (κ2) is 8.50. The Balaban J connectivity index is 4.90. The highest BCUT2D eigenvalue weighted by Crippen LogP contribution is 2.12. The van der Waals surface area contributed by atoms with Crippen molar-refractivity contribution in [1.29, 1.82) is 0 Å². The van der Waals surface area contributed by atoms with E-state index in [2.05, 4.69) is 0 Å². The third-order valence-corrected chi connectivity index (χ3v) is 4.80. The summed E-state index contributed by atoms with van der Waals surface area (Å²) in [7, 11) is -2.09. The fourth-order valence-electron chi connectivity index (χ4n) is 1.54. The van der Waals surface area contributed by atoms with Crippen LogP contribution < -0.4 is 0 Å². The molecule has 0 spiro atoms. The summed E-state index contributed by atoms with van der Waals surface area (Å²) < 4.78 is 32.0. The van der Waals surface area contributed by atoms with Gasteiger partial charge in [-0.1, -0.05) is 13.3 Å².